The molecule has 0 spiro atoms. The van der Waals surface area contributed by atoms with E-state index in [-0.39, 0.29) is 6.10 Å². The summed E-state index contributed by atoms with van der Waals surface area (Å²) in [5.74, 6) is 0.335. The van der Waals surface area contributed by atoms with Crippen molar-refractivity contribution >= 4 is 0 Å². The minimum absolute atomic E-state index is 0.197. The fourth-order valence-corrected chi connectivity index (χ4v) is 2.47. The highest BCUT2D eigenvalue weighted by Gasteiger charge is 2.18. The van der Waals surface area contributed by atoms with Crippen LogP contribution in [0.5, 0.6) is 5.75 Å². The number of hydrogen-bond acceptors (Lipinski definition) is 4. The molecule has 0 radical (unpaired) electrons. The lowest BCUT2D eigenvalue weighted by molar-refractivity contribution is 0.0686. The molecule has 0 saturated carbocycles. The average Bonchev–Trinajstić information content (AvgIpc) is 2.41. The molecule has 1 saturated heterocycles. The van der Waals surface area contributed by atoms with Crippen LogP contribution in [0.2, 0.25) is 0 Å². The molecule has 0 bridgehead atoms. The standard InChI is InChI=1S/C15H24N2O2/c1-2-14(18)12-17-8-6-16(7-9-17)11-13-4-3-5-15(19)10-13/h3-5,10,14,18-19H,2,6-9,11-12H2,1H3/t14-/m1/s1. The van der Waals surface area contributed by atoms with Gasteiger partial charge in [0.2, 0.25) is 0 Å². The molecule has 1 heterocycles. The number of aromatic hydroxyl groups is 1. The minimum Gasteiger partial charge on any atom is -0.508 e. The van der Waals surface area contributed by atoms with Gasteiger partial charge in [0.05, 0.1) is 6.10 Å². The Kier molecular flexibility index (Phi) is 5.19. The van der Waals surface area contributed by atoms with Gasteiger partial charge in [-0.25, -0.2) is 0 Å². The Labute approximate surface area is 115 Å². The molecule has 2 rings (SSSR count). The van der Waals surface area contributed by atoms with Gasteiger partial charge in [-0.2, -0.15) is 0 Å². The third kappa shape index (κ3) is 4.49. The molecule has 0 aromatic heterocycles. The van der Waals surface area contributed by atoms with Crippen LogP contribution in [-0.4, -0.2) is 58.8 Å². The van der Waals surface area contributed by atoms with Crippen molar-refractivity contribution < 1.29 is 10.2 Å². The predicted octanol–water partition coefficient (Wildman–Crippen LogP) is 1.28. The van der Waals surface area contributed by atoms with E-state index >= 15 is 0 Å². The summed E-state index contributed by atoms with van der Waals surface area (Å²) in [5.41, 5.74) is 1.15. The number of rotatable bonds is 5. The van der Waals surface area contributed by atoms with E-state index in [4.69, 9.17) is 0 Å². The lowest BCUT2D eigenvalue weighted by Gasteiger charge is -2.35. The maximum Gasteiger partial charge on any atom is 0.115 e. The number of aliphatic hydroxyl groups excluding tert-OH is 1. The largest absolute Gasteiger partial charge is 0.508 e. The predicted molar refractivity (Wildman–Crippen MR) is 76.1 cm³/mol. The Morgan fingerprint density at radius 1 is 1.16 bits per heavy atom. The smallest absolute Gasteiger partial charge is 0.115 e. The van der Waals surface area contributed by atoms with Gasteiger partial charge < -0.3 is 10.2 Å². The average molecular weight is 264 g/mol. The van der Waals surface area contributed by atoms with Crippen LogP contribution in [0.3, 0.4) is 0 Å². The summed E-state index contributed by atoms with van der Waals surface area (Å²) in [6.07, 6.45) is 0.626. The molecule has 1 fully saturated rings. The Hall–Kier alpha value is -1.10. The van der Waals surface area contributed by atoms with Crippen molar-refractivity contribution in [2.24, 2.45) is 0 Å². The Morgan fingerprint density at radius 2 is 1.84 bits per heavy atom. The summed E-state index contributed by atoms with van der Waals surface area (Å²) in [6.45, 7) is 7.75. The zero-order valence-corrected chi connectivity index (χ0v) is 11.6. The third-order valence-electron chi connectivity index (χ3n) is 3.72. The van der Waals surface area contributed by atoms with Crippen molar-refractivity contribution in [1.29, 1.82) is 0 Å². The van der Waals surface area contributed by atoms with Crippen molar-refractivity contribution in [3.8, 4) is 5.75 Å². The second kappa shape index (κ2) is 6.89. The first-order chi connectivity index (χ1) is 9.17. The zero-order valence-electron chi connectivity index (χ0n) is 11.6. The number of hydrogen-bond donors (Lipinski definition) is 2. The molecule has 106 valence electrons. The normalized spacial score (nSPS) is 19.5. The number of piperazine rings is 1. The van der Waals surface area contributed by atoms with Gasteiger partial charge in [-0.1, -0.05) is 19.1 Å². The lowest BCUT2D eigenvalue weighted by Crippen LogP contribution is -2.48. The van der Waals surface area contributed by atoms with Crippen LogP contribution in [0.1, 0.15) is 18.9 Å². The van der Waals surface area contributed by atoms with Crippen molar-refractivity contribution in [1.82, 2.24) is 9.80 Å². The van der Waals surface area contributed by atoms with E-state index in [0.717, 1.165) is 51.3 Å². The fourth-order valence-electron chi connectivity index (χ4n) is 2.47. The fraction of sp³-hybridized carbons (Fsp3) is 0.600. The molecule has 0 amide bonds. The molecule has 4 heteroatoms. The number of benzene rings is 1. The Balaban J connectivity index is 1.77. The van der Waals surface area contributed by atoms with Crippen molar-refractivity contribution in [2.75, 3.05) is 32.7 Å². The van der Waals surface area contributed by atoms with Gasteiger partial charge >= 0.3 is 0 Å². The van der Waals surface area contributed by atoms with E-state index in [0.29, 0.717) is 5.75 Å². The summed E-state index contributed by atoms with van der Waals surface area (Å²) < 4.78 is 0. The van der Waals surface area contributed by atoms with Crippen LogP contribution in [0.15, 0.2) is 24.3 Å². The molecule has 1 aromatic carbocycles. The summed E-state index contributed by atoms with van der Waals surface area (Å²) in [4.78, 5) is 4.72. The molecule has 0 unspecified atom stereocenters. The quantitative estimate of drug-likeness (QED) is 0.841. The second-order valence-corrected chi connectivity index (χ2v) is 5.31. The number of phenolic OH excluding ortho intramolecular Hbond substituents is 1. The van der Waals surface area contributed by atoms with E-state index < -0.39 is 0 Å². The highest BCUT2D eigenvalue weighted by atomic mass is 16.3. The number of aliphatic hydroxyl groups is 1. The maximum atomic E-state index is 9.66. The summed E-state index contributed by atoms with van der Waals surface area (Å²) >= 11 is 0. The van der Waals surface area contributed by atoms with Crippen LogP contribution in [0, 0.1) is 0 Å². The van der Waals surface area contributed by atoms with Crippen molar-refractivity contribution in [3.63, 3.8) is 0 Å². The molecule has 4 nitrogen and oxygen atoms in total. The molecule has 1 aliphatic rings. The third-order valence-corrected chi connectivity index (χ3v) is 3.72. The monoisotopic (exact) mass is 264 g/mol. The highest BCUT2D eigenvalue weighted by molar-refractivity contribution is 5.27. The van der Waals surface area contributed by atoms with Gasteiger partial charge in [-0.05, 0) is 24.1 Å². The lowest BCUT2D eigenvalue weighted by atomic mass is 10.2. The number of β-amino-alcohol motifs (C(OH)–C–C–N with tert-alkyl or cyclic N) is 1. The van der Waals surface area contributed by atoms with Gasteiger partial charge in [0.1, 0.15) is 5.75 Å². The van der Waals surface area contributed by atoms with Crippen molar-refractivity contribution in [3.05, 3.63) is 29.8 Å². The molecule has 1 aromatic rings. The second-order valence-electron chi connectivity index (χ2n) is 5.31. The molecular weight excluding hydrogens is 240 g/mol. The van der Waals surface area contributed by atoms with E-state index in [1.165, 1.54) is 0 Å². The zero-order chi connectivity index (χ0) is 13.7. The van der Waals surface area contributed by atoms with E-state index in [2.05, 4.69) is 9.80 Å². The maximum absolute atomic E-state index is 9.66. The van der Waals surface area contributed by atoms with Crippen molar-refractivity contribution in [2.45, 2.75) is 26.0 Å². The molecular formula is C15H24N2O2. The van der Waals surface area contributed by atoms with Gasteiger partial charge in [0, 0.05) is 39.3 Å². The first-order valence-corrected chi connectivity index (χ1v) is 7.08. The highest BCUT2D eigenvalue weighted by Crippen LogP contribution is 2.14. The first-order valence-electron chi connectivity index (χ1n) is 7.08. The van der Waals surface area contributed by atoms with Gasteiger partial charge in [-0.3, -0.25) is 9.80 Å². The van der Waals surface area contributed by atoms with E-state index in [9.17, 15) is 10.2 Å². The van der Waals surface area contributed by atoms with Gasteiger partial charge in [0.25, 0.3) is 0 Å². The summed E-state index contributed by atoms with van der Waals surface area (Å²) in [6, 6.07) is 7.46. The molecule has 0 aliphatic carbocycles. The number of phenols is 1. The van der Waals surface area contributed by atoms with Crippen LogP contribution in [0.25, 0.3) is 0 Å². The first kappa shape index (κ1) is 14.3. The molecule has 19 heavy (non-hydrogen) atoms. The van der Waals surface area contributed by atoms with Gasteiger partial charge in [-0.15, -0.1) is 0 Å². The van der Waals surface area contributed by atoms with Gasteiger partial charge in [0.15, 0.2) is 0 Å². The molecule has 1 atom stereocenters. The number of nitrogens with zero attached hydrogens (tertiary/aromatic N) is 2. The SMILES string of the molecule is CC[C@@H](O)CN1CCN(Cc2cccc(O)c2)CC1. The van der Waals surface area contributed by atoms with Crippen LogP contribution in [0.4, 0.5) is 0 Å². The molecule has 2 N–H and O–H groups in total. The van der Waals surface area contributed by atoms with E-state index in [1.54, 1.807) is 6.07 Å². The Morgan fingerprint density at radius 3 is 2.47 bits per heavy atom. The van der Waals surface area contributed by atoms with E-state index in [1.807, 2.05) is 25.1 Å². The molecule has 1 aliphatic heterocycles. The summed E-state index contributed by atoms with van der Waals surface area (Å²) in [5, 5.41) is 19.1. The summed E-state index contributed by atoms with van der Waals surface area (Å²) in [7, 11) is 0. The van der Waals surface area contributed by atoms with Crippen LogP contribution in [-0.2, 0) is 6.54 Å². The topological polar surface area (TPSA) is 46.9 Å². The van der Waals surface area contributed by atoms with Crippen LogP contribution < -0.4 is 0 Å². The van der Waals surface area contributed by atoms with Crippen LogP contribution >= 0.6 is 0 Å². The Bertz CT molecular complexity index is 389. The minimum atomic E-state index is -0.197.